The Morgan fingerprint density at radius 3 is 2.62 bits per heavy atom. The van der Waals surface area contributed by atoms with Gasteiger partial charge >= 0.3 is 0 Å². The van der Waals surface area contributed by atoms with Gasteiger partial charge in [-0.15, -0.1) is 0 Å². The van der Waals surface area contributed by atoms with Crippen LogP contribution in [0, 0.1) is 0 Å². The highest BCUT2D eigenvalue weighted by molar-refractivity contribution is 7.99. The summed E-state index contributed by atoms with van der Waals surface area (Å²) in [6, 6.07) is 9.74. The fraction of sp³-hybridized carbons (Fsp3) is 0.375. The largest absolute Gasteiger partial charge is 0.324 e. The Morgan fingerprint density at radius 2 is 2.00 bits per heavy atom. The maximum Gasteiger partial charge on any atom is 0.251 e. The maximum absolute atomic E-state index is 11.6. The molecule has 1 aromatic carbocycles. The van der Waals surface area contributed by atoms with Crippen LogP contribution < -0.4 is 11.3 Å². The fourth-order valence-electron chi connectivity index (χ4n) is 2.05. The summed E-state index contributed by atoms with van der Waals surface area (Å²) in [7, 11) is 0. The zero-order valence-corrected chi connectivity index (χ0v) is 13.2. The lowest BCUT2D eigenvalue weighted by atomic mass is 10.1. The molecule has 0 bridgehead atoms. The molecule has 1 heterocycles. The standard InChI is InChI=1S/C16H21N3OS/c1-3-5-12-10-15(20)19-16(18-12)21-13-8-6-11(7-9-13)14(17)4-2/h6-10,14H,3-5,17H2,1-2H3,(H,18,19,20)/t14-/m0/s1. The average molecular weight is 303 g/mol. The summed E-state index contributed by atoms with van der Waals surface area (Å²) < 4.78 is 0. The Kier molecular flexibility index (Phi) is 5.59. The number of aryl methyl sites for hydroxylation is 1. The molecule has 0 radical (unpaired) electrons. The third kappa shape index (κ3) is 4.44. The summed E-state index contributed by atoms with van der Waals surface area (Å²) in [5.74, 6) is 0. The second-order valence-electron chi connectivity index (χ2n) is 4.98. The van der Waals surface area contributed by atoms with Crippen LogP contribution in [-0.4, -0.2) is 9.97 Å². The van der Waals surface area contributed by atoms with Crippen molar-refractivity contribution in [3.05, 3.63) is 51.9 Å². The molecule has 0 aliphatic heterocycles. The molecule has 0 aliphatic carbocycles. The number of nitrogens with one attached hydrogen (secondary N) is 1. The topological polar surface area (TPSA) is 71.8 Å². The minimum Gasteiger partial charge on any atom is -0.324 e. The van der Waals surface area contributed by atoms with E-state index in [1.807, 2.05) is 24.3 Å². The van der Waals surface area contributed by atoms with Crippen LogP contribution in [0.25, 0.3) is 0 Å². The van der Waals surface area contributed by atoms with Crippen molar-refractivity contribution in [3.63, 3.8) is 0 Å². The molecule has 5 heteroatoms. The van der Waals surface area contributed by atoms with Gasteiger partial charge in [-0.05, 0) is 30.5 Å². The van der Waals surface area contributed by atoms with E-state index in [4.69, 9.17) is 5.73 Å². The molecule has 3 N–H and O–H groups in total. The number of aromatic amines is 1. The first-order valence-corrected chi connectivity index (χ1v) is 8.07. The first-order valence-electron chi connectivity index (χ1n) is 7.26. The first kappa shape index (κ1) is 15.8. The number of nitrogens with two attached hydrogens (primary N) is 1. The number of aromatic nitrogens is 2. The predicted octanol–water partition coefficient (Wildman–Crippen LogP) is 3.28. The normalized spacial score (nSPS) is 12.3. The van der Waals surface area contributed by atoms with Gasteiger partial charge in [0.2, 0.25) is 0 Å². The third-order valence-electron chi connectivity index (χ3n) is 3.24. The Labute approximate surface area is 129 Å². The number of rotatable bonds is 6. The van der Waals surface area contributed by atoms with E-state index < -0.39 is 0 Å². The quantitative estimate of drug-likeness (QED) is 0.803. The van der Waals surface area contributed by atoms with Gasteiger partial charge in [-0.2, -0.15) is 0 Å². The van der Waals surface area contributed by atoms with Crippen LogP contribution >= 0.6 is 11.8 Å². The number of benzene rings is 1. The maximum atomic E-state index is 11.6. The van der Waals surface area contributed by atoms with Gasteiger partial charge in [0.05, 0.1) is 0 Å². The van der Waals surface area contributed by atoms with Gasteiger partial charge in [0.1, 0.15) is 0 Å². The van der Waals surface area contributed by atoms with Crippen molar-refractivity contribution in [3.8, 4) is 0 Å². The molecule has 2 aromatic rings. The Hall–Kier alpha value is -1.59. The molecule has 0 amide bonds. The summed E-state index contributed by atoms with van der Waals surface area (Å²) in [4.78, 5) is 19.9. The minimum atomic E-state index is -0.0967. The molecule has 0 saturated carbocycles. The lowest BCUT2D eigenvalue weighted by molar-refractivity contribution is 0.698. The summed E-state index contributed by atoms with van der Waals surface area (Å²) in [6.07, 6.45) is 2.71. The number of hydrogen-bond donors (Lipinski definition) is 2. The van der Waals surface area contributed by atoms with Crippen molar-refractivity contribution in [2.24, 2.45) is 5.73 Å². The average Bonchev–Trinajstić information content (AvgIpc) is 2.47. The van der Waals surface area contributed by atoms with Crippen LogP contribution in [0.2, 0.25) is 0 Å². The van der Waals surface area contributed by atoms with E-state index in [2.05, 4.69) is 23.8 Å². The van der Waals surface area contributed by atoms with Crippen LogP contribution in [-0.2, 0) is 6.42 Å². The van der Waals surface area contributed by atoms with Crippen LogP contribution in [0.5, 0.6) is 0 Å². The number of nitrogens with zero attached hydrogens (tertiary/aromatic N) is 1. The highest BCUT2D eigenvalue weighted by atomic mass is 32.2. The van der Waals surface area contributed by atoms with E-state index in [9.17, 15) is 4.79 Å². The molecule has 1 aromatic heterocycles. The molecule has 2 rings (SSSR count). The highest BCUT2D eigenvalue weighted by Gasteiger charge is 2.06. The van der Waals surface area contributed by atoms with Gasteiger partial charge in [0, 0.05) is 22.7 Å². The smallest absolute Gasteiger partial charge is 0.251 e. The molecule has 21 heavy (non-hydrogen) atoms. The second kappa shape index (κ2) is 7.43. The van der Waals surface area contributed by atoms with Gasteiger partial charge in [0.25, 0.3) is 5.56 Å². The van der Waals surface area contributed by atoms with E-state index in [1.54, 1.807) is 6.07 Å². The molecule has 4 nitrogen and oxygen atoms in total. The summed E-state index contributed by atoms with van der Waals surface area (Å²) in [5, 5.41) is 0.637. The molecular weight excluding hydrogens is 282 g/mol. The SMILES string of the molecule is CCCc1cc(=O)[nH]c(Sc2ccc([C@@H](N)CC)cc2)n1. The van der Waals surface area contributed by atoms with Crippen molar-refractivity contribution < 1.29 is 0 Å². The number of hydrogen-bond acceptors (Lipinski definition) is 4. The van der Waals surface area contributed by atoms with Crippen molar-refractivity contribution in [2.45, 2.75) is 49.2 Å². The van der Waals surface area contributed by atoms with Crippen LogP contribution in [0.1, 0.15) is 44.0 Å². The van der Waals surface area contributed by atoms with Crippen LogP contribution in [0.3, 0.4) is 0 Å². The van der Waals surface area contributed by atoms with E-state index in [0.717, 1.165) is 35.4 Å². The lowest BCUT2D eigenvalue weighted by Crippen LogP contribution is -2.10. The van der Waals surface area contributed by atoms with Gasteiger partial charge in [-0.25, -0.2) is 4.98 Å². The van der Waals surface area contributed by atoms with E-state index in [-0.39, 0.29) is 11.6 Å². The molecule has 0 fully saturated rings. The highest BCUT2D eigenvalue weighted by Crippen LogP contribution is 2.25. The zero-order chi connectivity index (χ0) is 15.2. The number of H-pyrrole nitrogens is 1. The molecule has 112 valence electrons. The first-order chi connectivity index (χ1) is 10.1. The summed E-state index contributed by atoms with van der Waals surface area (Å²) >= 11 is 1.46. The van der Waals surface area contributed by atoms with Crippen molar-refractivity contribution in [2.75, 3.05) is 0 Å². The summed E-state index contributed by atoms with van der Waals surface area (Å²) in [5.41, 5.74) is 7.88. The van der Waals surface area contributed by atoms with Crippen LogP contribution in [0.4, 0.5) is 0 Å². The van der Waals surface area contributed by atoms with Crippen LogP contribution in [0.15, 0.2) is 45.2 Å². The molecule has 0 unspecified atom stereocenters. The third-order valence-corrected chi connectivity index (χ3v) is 4.14. The van der Waals surface area contributed by atoms with Crippen molar-refractivity contribution in [1.82, 2.24) is 9.97 Å². The fourth-order valence-corrected chi connectivity index (χ4v) is 2.86. The van der Waals surface area contributed by atoms with Gasteiger partial charge in [0.15, 0.2) is 5.16 Å². The molecule has 0 saturated heterocycles. The van der Waals surface area contributed by atoms with Crippen molar-refractivity contribution >= 4 is 11.8 Å². The molecule has 0 spiro atoms. The lowest BCUT2D eigenvalue weighted by Gasteiger charge is -2.09. The molecule has 1 atom stereocenters. The zero-order valence-electron chi connectivity index (χ0n) is 12.4. The Bertz CT molecular complexity index is 637. The van der Waals surface area contributed by atoms with Gasteiger partial charge < -0.3 is 10.7 Å². The molecule has 0 aliphatic rings. The van der Waals surface area contributed by atoms with Gasteiger partial charge in [-0.3, -0.25) is 4.79 Å². The van der Waals surface area contributed by atoms with Crippen molar-refractivity contribution in [1.29, 1.82) is 0 Å². The Balaban J connectivity index is 2.16. The van der Waals surface area contributed by atoms with Gasteiger partial charge in [-0.1, -0.05) is 44.2 Å². The Morgan fingerprint density at radius 1 is 1.29 bits per heavy atom. The minimum absolute atomic E-state index is 0.0786. The second-order valence-corrected chi connectivity index (χ2v) is 6.04. The summed E-state index contributed by atoms with van der Waals surface area (Å²) in [6.45, 7) is 4.15. The monoisotopic (exact) mass is 303 g/mol. The van der Waals surface area contributed by atoms with E-state index >= 15 is 0 Å². The predicted molar refractivity (Wildman–Crippen MR) is 86.6 cm³/mol. The molecular formula is C16H21N3OS. The van der Waals surface area contributed by atoms with E-state index in [1.165, 1.54) is 11.8 Å². The van der Waals surface area contributed by atoms with E-state index in [0.29, 0.717) is 5.16 Å².